The molecule has 1 atom stereocenters. The Labute approximate surface area is 163 Å². The summed E-state index contributed by atoms with van der Waals surface area (Å²) in [5.41, 5.74) is 2.00. The van der Waals surface area contributed by atoms with Crippen LogP contribution in [0.5, 0.6) is 0 Å². The molecule has 6 heteroatoms. The maximum atomic E-state index is 13.3. The van der Waals surface area contributed by atoms with Crippen LogP contribution in [-0.2, 0) is 9.53 Å². The Morgan fingerprint density at radius 2 is 2.08 bits per heavy atom. The van der Waals surface area contributed by atoms with Gasteiger partial charge >= 0.3 is 0 Å². The second-order valence-electron chi connectivity index (χ2n) is 7.46. The monoisotopic (exact) mass is 392 g/mol. The Balaban J connectivity index is 1.68. The van der Waals surface area contributed by atoms with Gasteiger partial charge in [-0.05, 0) is 44.2 Å². The largest absolute Gasteiger partial charge is 0.376 e. The van der Waals surface area contributed by atoms with Gasteiger partial charge in [-0.25, -0.2) is 4.98 Å². The molecule has 26 heavy (non-hydrogen) atoms. The highest BCUT2D eigenvalue weighted by molar-refractivity contribution is 7.23. The van der Waals surface area contributed by atoms with Crippen molar-refractivity contribution in [3.63, 3.8) is 0 Å². The number of anilines is 1. The summed E-state index contributed by atoms with van der Waals surface area (Å²) in [5.74, 6) is 0.335. The van der Waals surface area contributed by atoms with Crippen LogP contribution in [-0.4, -0.2) is 30.1 Å². The molecule has 2 fully saturated rings. The van der Waals surface area contributed by atoms with Crippen molar-refractivity contribution in [2.45, 2.75) is 58.0 Å². The number of nitrogens with zero attached hydrogens (tertiary/aromatic N) is 2. The van der Waals surface area contributed by atoms with Gasteiger partial charge in [0.2, 0.25) is 5.91 Å². The molecule has 4 nitrogen and oxygen atoms in total. The SMILES string of the molecule is Cc1ccc(Cl)c2sc(N(CC3CCCO3)C(=O)C3CCCCC3)nc12. The van der Waals surface area contributed by atoms with Gasteiger partial charge in [0.05, 0.1) is 27.9 Å². The van der Waals surface area contributed by atoms with E-state index in [1.807, 2.05) is 24.0 Å². The van der Waals surface area contributed by atoms with Crippen molar-refractivity contribution in [2.75, 3.05) is 18.1 Å². The van der Waals surface area contributed by atoms with Crippen molar-refractivity contribution in [3.8, 4) is 0 Å². The highest BCUT2D eigenvalue weighted by Crippen LogP contribution is 2.37. The lowest BCUT2D eigenvalue weighted by Crippen LogP contribution is -2.41. The van der Waals surface area contributed by atoms with Crippen molar-refractivity contribution >= 4 is 44.2 Å². The minimum absolute atomic E-state index is 0.117. The number of aryl methyl sites for hydroxylation is 1. The van der Waals surface area contributed by atoms with Crippen LogP contribution in [0, 0.1) is 12.8 Å². The van der Waals surface area contributed by atoms with Gasteiger partial charge < -0.3 is 4.74 Å². The molecule has 1 aromatic carbocycles. The fraction of sp³-hybridized carbons (Fsp3) is 0.600. The van der Waals surface area contributed by atoms with Gasteiger partial charge in [-0.1, -0.05) is 48.3 Å². The molecular weight excluding hydrogens is 368 g/mol. The number of ether oxygens (including phenoxy) is 1. The van der Waals surface area contributed by atoms with E-state index in [2.05, 4.69) is 0 Å². The van der Waals surface area contributed by atoms with Crippen LogP contribution < -0.4 is 4.90 Å². The minimum atomic E-state index is 0.117. The molecule has 1 saturated heterocycles. The highest BCUT2D eigenvalue weighted by atomic mass is 35.5. The summed E-state index contributed by atoms with van der Waals surface area (Å²) in [4.78, 5) is 20.0. The summed E-state index contributed by atoms with van der Waals surface area (Å²) in [7, 11) is 0. The normalized spacial score (nSPS) is 21.4. The van der Waals surface area contributed by atoms with Crippen molar-refractivity contribution < 1.29 is 9.53 Å². The molecule has 0 spiro atoms. The number of benzene rings is 1. The summed E-state index contributed by atoms with van der Waals surface area (Å²) in [6.07, 6.45) is 7.72. The van der Waals surface area contributed by atoms with Crippen LogP contribution in [0.2, 0.25) is 5.02 Å². The predicted molar refractivity (Wildman–Crippen MR) is 107 cm³/mol. The Bertz CT molecular complexity index is 755. The first-order valence-electron chi connectivity index (χ1n) is 9.62. The van der Waals surface area contributed by atoms with E-state index in [9.17, 15) is 4.79 Å². The Hall–Kier alpha value is -1.17. The lowest BCUT2D eigenvalue weighted by atomic mass is 9.88. The fourth-order valence-electron chi connectivity index (χ4n) is 4.03. The lowest BCUT2D eigenvalue weighted by molar-refractivity contribution is -0.123. The van der Waals surface area contributed by atoms with Gasteiger partial charge in [-0.3, -0.25) is 9.69 Å². The summed E-state index contributed by atoms with van der Waals surface area (Å²) in [6.45, 7) is 3.43. The number of hydrogen-bond acceptors (Lipinski definition) is 4. The van der Waals surface area contributed by atoms with Gasteiger partial charge in [-0.2, -0.15) is 0 Å². The molecule has 1 unspecified atom stereocenters. The van der Waals surface area contributed by atoms with Crippen molar-refractivity contribution in [3.05, 3.63) is 22.7 Å². The van der Waals surface area contributed by atoms with Crippen LogP contribution in [0.3, 0.4) is 0 Å². The molecule has 2 aliphatic rings. The highest BCUT2D eigenvalue weighted by Gasteiger charge is 2.31. The van der Waals surface area contributed by atoms with Crippen molar-refractivity contribution in [2.24, 2.45) is 5.92 Å². The first-order valence-corrected chi connectivity index (χ1v) is 10.8. The van der Waals surface area contributed by atoms with E-state index in [1.54, 1.807) is 0 Å². The molecule has 4 rings (SSSR count). The van der Waals surface area contributed by atoms with Crippen LogP contribution in [0.4, 0.5) is 5.13 Å². The number of thiazole rings is 1. The zero-order valence-electron chi connectivity index (χ0n) is 15.2. The van der Waals surface area contributed by atoms with Crippen LogP contribution >= 0.6 is 22.9 Å². The Morgan fingerprint density at radius 1 is 1.27 bits per heavy atom. The molecule has 2 heterocycles. The molecule has 0 N–H and O–H groups in total. The number of carbonyl (C=O) groups is 1. The fourth-order valence-corrected chi connectivity index (χ4v) is 5.36. The summed E-state index contributed by atoms with van der Waals surface area (Å²) < 4.78 is 6.79. The molecule has 1 saturated carbocycles. The van der Waals surface area contributed by atoms with E-state index in [1.165, 1.54) is 17.8 Å². The second-order valence-corrected chi connectivity index (χ2v) is 8.84. The van der Waals surface area contributed by atoms with Crippen molar-refractivity contribution in [1.82, 2.24) is 4.98 Å². The number of amides is 1. The molecule has 140 valence electrons. The van der Waals surface area contributed by atoms with Gasteiger partial charge in [0.1, 0.15) is 0 Å². The third kappa shape index (κ3) is 3.62. The third-order valence-corrected chi connectivity index (χ3v) is 7.09. The molecule has 1 amide bonds. The smallest absolute Gasteiger partial charge is 0.231 e. The van der Waals surface area contributed by atoms with E-state index in [0.717, 1.165) is 66.0 Å². The number of halogens is 1. The molecule has 2 aromatic rings. The number of aromatic nitrogens is 1. The van der Waals surface area contributed by atoms with Gasteiger partial charge in [0.15, 0.2) is 5.13 Å². The molecular formula is C20H25ClN2O2S. The quantitative estimate of drug-likeness (QED) is 0.704. The number of fused-ring (bicyclic) bond motifs is 1. The summed E-state index contributed by atoms with van der Waals surface area (Å²) >= 11 is 7.92. The zero-order chi connectivity index (χ0) is 18.1. The average molecular weight is 393 g/mol. The topological polar surface area (TPSA) is 42.4 Å². The number of carbonyl (C=O) groups excluding carboxylic acids is 1. The third-order valence-electron chi connectivity index (χ3n) is 5.55. The van der Waals surface area contributed by atoms with Crippen LogP contribution in [0.25, 0.3) is 10.2 Å². The van der Waals surface area contributed by atoms with Crippen LogP contribution in [0.15, 0.2) is 12.1 Å². The summed E-state index contributed by atoms with van der Waals surface area (Å²) in [6, 6.07) is 3.90. The Morgan fingerprint density at radius 3 is 2.77 bits per heavy atom. The van der Waals surface area contributed by atoms with E-state index in [-0.39, 0.29) is 17.9 Å². The molecule has 0 radical (unpaired) electrons. The summed E-state index contributed by atoms with van der Waals surface area (Å²) in [5, 5.41) is 1.47. The number of rotatable bonds is 4. The molecule has 0 bridgehead atoms. The van der Waals surface area contributed by atoms with E-state index in [4.69, 9.17) is 21.3 Å². The van der Waals surface area contributed by atoms with Gasteiger partial charge in [0.25, 0.3) is 0 Å². The number of hydrogen-bond donors (Lipinski definition) is 0. The minimum Gasteiger partial charge on any atom is -0.376 e. The van der Waals surface area contributed by atoms with E-state index >= 15 is 0 Å². The van der Waals surface area contributed by atoms with Gasteiger partial charge in [0, 0.05) is 12.5 Å². The van der Waals surface area contributed by atoms with Crippen molar-refractivity contribution in [1.29, 1.82) is 0 Å². The molecule has 1 aliphatic heterocycles. The first kappa shape index (κ1) is 18.2. The van der Waals surface area contributed by atoms with Crippen LogP contribution in [0.1, 0.15) is 50.5 Å². The first-order chi connectivity index (χ1) is 12.6. The van der Waals surface area contributed by atoms with Gasteiger partial charge in [-0.15, -0.1) is 0 Å². The average Bonchev–Trinajstić information content (AvgIpc) is 3.33. The standard InChI is InChI=1S/C20H25ClN2O2S/c1-13-9-10-16(21)18-17(13)22-20(26-18)23(12-15-8-5-11-25-15)19(24)14-6-3-2-4-7-14/h9-10,14-15H,2-8,11-12H2,1H3. The lowest BCUT2D eigenvalue weighted by Gasteiger charge is -2.29. The van der Waals surface area contributed by atoms with E-state index < -0.39 is 0 Å². The maximum absolute atomic E-state index is 13.3. The predicted octanol–water partition coefficient (Wildman–Crippen LogP) is 5.35. The molecule has 1 aliphatic carbocycles. The Kier molecular flexibility index (Phi) is 5.48. The zero-order valence-corrected chi connectivity index (χ0v) is 16.7. The second kappa shape index (κ2) is 7.83. The maximum Gasteiger partial charge on any atom is 0.231 e. The van der Waals surface area contributed by atoms with E-state index in [0.29, 0.717) is 11.6 Å². The molecule has 1 aromatic heterocycles.